The first-order valence-electron chi connectivity index (χ1n) is 7.14. The number of benzene rings is 2. The Bertz CT molecular complexity index is 1040. The molecule has 0 bridgehead atoms. The Morgan fingerprint density at radius 1 is 0.920 bits per heavy atom. The van der Waals surface area contributed by atoms with Gasteiger partial charge in [-0.3, -0.25) is 14.4 Å². The van der Waals surface area contributed by atoms with Gasteiger partial charge in [0.25, 0.3) is 16.8 Å². The number of para-hydroxylation sites is 1. The van der Waals surface area contributed by atoms with E-state index in [0.29, 0.717) is 5.69 Å². The Kier molecular flexibility index (Phi) is 4.16. The summed E-state index contributed by atoms with van der Waals surface area (Å²) in [5.41, 5.74) is 4.05. The molecule has 0 radical (unpaired) electrons. The highest BCUT2D eigenvalue weighted by Gasteiger charge is 2.24. The lowest BCUT2D eigenvalue weighted by Gasteiger charge is -2.17. The largest absolute Gasteiger partial charge is 0.505 e. The summed E-state index contributed by atoms with van der Waals surface area (Å²) >= 11 is 6.01. The van der Waals surface area contributed by atoms with E-state index in [0.717, 1.165) is 0 Å². The molecule has 0 spiro atoms. The van der Waals surface area contributed by atoms with Crippen molar-refractivity contribution in [3.05, 3.63) is 73.5 Å². The average Bonchev–Trinajstić information content (AvgIpc) is 2.60. The third kappa shape index (κ3) is 2.92. The first-order valence-corrected chi connectivity index (χ1v) is 7.51. The molecule has 0 aliphatic carbocycles. The topological polar surface area (TPSA) is 122 Å². The molecular formula is C17H12ClN3O4. The highest BCUT2D eigenvalue weighted by molar-refractivity contribution is 6.34. The van der Waals surface area contributed by atoms with Crippen molar-refractivity contribution < 1.29 is 9.90 Å². The molecule has 0 unspecified atom stereocenters. The number of phenols is 1. The molecule has 0 fully saturated rings. The second-order valence-electron chi connectivity index (χ2n) is 5.21. The van der Waals surface area contributed by atoms with Crippen LogP contribution in [0.5, 0.6) is 5.75 Å². The maximum absolute atomic E-state index is 11.9. The number of carbonyl (C=O) groups is 1. The highest BCUT2D eigenvalue weighted by Crippen LogP contribution is 2.37. The number of rotatable bonds is 5. The third-order valence-electron chi connectivity index (χ3n) is 3.60. The molecule has 0 aliphatic rings. The molecule has 126 valence electrons. The summed E-state index contributed by atoms with van der Waals surface area (Å²) < 4.78 is 0. The number of halogens is 1. The molecule has 0 aromatic heterocycles. The molecule has 25 heavy (non-hydrogen) atoms. The van der Waals surface area contributed by atoms with Gasteiger partial charge >= 0.3 is 0 Å². The SMILES string of the molecule is NC(=O)c1ccc(Cl)c(Nc2c(Nc3ccccc3)c(=O)c2=O)c1O. The van der Waals surface area contributed by atoms with Crippen molar-refractivity contribution in [2.75, 3.05) is 10.6 Å². The molecule has 0 heterocycles. The summed E-state index contributed by atoms with van der Waals surface area (Å²) in [7, 11) is 0. The number of hydrogen-bond donors (Lipinski definition) is 4. The minimum atomic E-state index is -0.857. The molecule has 5 N–H and O–H groups in total. The number of nitrogens with one attached hydrogen (secondary N) is 2. The Morgan fingerprint density at radius 2 is 1.52 bits per heavy atom. The lowest BCUT2D eigenvalue weighted by molar-refractivity contribution is 0.0998. The molecular weight excluding hydrogens is 346 g/mol. The smallest absolute Gasteiger partial charge is 0.253 e. The molecule has 0 atom stereocenters. The standard InChI is InChI=1S/C17H12ClN3O4/c18-10-7-6-9(17(19)25)14(22)11(10)21-13-12(15(23)16(13)24)20-8-4-2-1-3-5-8/h1-7,20-22H,(H2,19,25). The molecule has 8 heteroatoms. The second-order valence-corrected chi connectivity index (χ2v) is 5.61. The van der Waals surface area contributed by atoms with Crippen molar-refractivity contribution in [1.29, 1.82) is 0 Å². The van der Waals surface area contributed by atoms with E-state index in [9.17, 15) is 19.5 Å². The van der Waals surface area contributed by atoms with E-state index in [1.807, 2.05) is 0 Å². The first kappa shape index (κ1) is 16.5. The van der Waals surface area contributed by atoms with Crippen molar-refractivity contribution in [3.8, 4) is 5.75 Å². The number of amides is 1. The molecule has 0 saturated heterocycles. The van der Waals surface area contributed by atoms with Gasteiger partial charge in [-0.25, -0.2) is 0 Å². The molecule has 3 rings (SSSR count). The lowest BCUT2D eigenvalue weighted by Crippen LogP contribution is -2.35. The fraction of sp³-hybridized carbons (Fsp3) is 0. The Labute approximate surface area is 146 Å². The molecule has 1 amide bonds. The third-order valence-corrected chi connectivity index (χ3v) is 3.91. The van der Waals surface area contributed by atoms with Crippen LogP contribution in [0.25, 0.3) is 0 Å². The van der Waals surface area contributed by atoms with E-state index in [-0.39, 0.29) is 27.6 Å². The van der Waals surface area contributed by atoms with Crippen molar-refractivity contribution in [2.24, 2.45) is 5.73 Å². The highest BCUT2D eigenvalue weighted by atomic mass is 35.5. The number of anilines is 4. The van der Waals surface area contributed by atoms with Gasteiger partial charge < -0.3 is 21.5 Å². The van der Waals surface area contributed by atoms with Crippen LogP contribution in [0.1, 0.15) is 10.4 Å². The number of hydrogen-bond acceptors (Lipinski definition) is 6. The van der Waals surface area contributed by atoms with Crippen LogP contribution in [0, 0.1) is 0 Å². The Hall–Kier alpha value is -3.32. The summed E-state index contributed by atoms with van der Waals surface area (Å²) in [5, 5.41) is 15.7. The number of carbonyl (C=O) groups excluding carboxylic acids is 1. The number of aromatic hydroxyl groups is 1. The number of primary amides is 1. The predicted octanol–water partition coefficient (Wildman–Crippen LogP) is 2.23. The maximum atomic E-state index is 11.9. The maximum Gasteiger partial charge on any atom is 0.253 e. The van der Waals surface area contributed by atoms with E-state index >= 15 is 0 Å². The van der Waals surface area contributed by atoms with E-state index < -0.39 is 22.5 Å². The summed E-state index contributed by atoms with van der Waals surface area (Å²) in [4.78, 5) is 35.0. The van der Waals surface area contributed by atoms with Gasteiger partial charge in [-0.05, 0) is 24.3 Å². The van der Waals surface area contributed by atoms with E-state index in [4.69, 9.17) is 17.3 Å². The minimum absolute atomic E-state index is 0.0381. The zero-order valence-corrected chi connectivity index (χ0v) is 13.4. The Balaban J connectivity index is 1.99. The first-order chi connectivity index (χ1) is 11.9. The van der Waals surface area contributed by atoms with Crippen LogP contribution in [0.4, 0.5) is 22.7 Å². The van der Waals surface area contributed by atoms with Crippen LogP contribution >= 0.6 is 11.6 Å². The molecule has 0 saturated carbocycles. The van der Waals surface area contributed by atoms with Crippen molar-refractivity contribution in [2.45, 2.75) is 0 Å². The zero-order valence-electron chi connectivity index (χ0n) is 12.7. The van der Waals surface area contributed by atoms with Gasteiger partial charge in [-0.15, -0.1) is 0 Å². The second kappa shape index (κ2) is 6.29. The molecule has 0 aliphatic heterocycles. The van der Waals surface area contributed by atoms with Gasteiger partial charge in [0.2, 0.25) is 0 Å². The predicted molar refractivity (Wildman–Crippen MR) is 96.0 cm³/mol. The quantitative estimate of drug-likeness (QED) is 0.410. The molecule has 7 nitrogen and oxygen atoms in total. The monoisotopic (exact) mass is 357 g/mol. The lowest BCUT2D eigenvalue weighted by atomic mass is 10.1. The summed E-state index contributed by atoms with van der Waals surface area (Å²) in [6, 6.07) is 11.4. The van der Waals surface area contributed by atoms with Gasteiger partial charge in [0.15, 0.2) is 5.75 Å². The van der Waals surface area contributed by atoms with Gasteiger partial charge in [0.05, 0.1) is 10.6 Å². The molecule has 3 aromatic carbocycles. The van der Waals surface area contributed by atoms with Gasteiger partial charge in [0.1, 0.15) is 17.1 Å². The van der Waals surface area contributed by atoms with Crippen LogP contribution in [-0.2, 0) is 0 Å². The Morgan fingerprint density at radius 3 is 2.12 bits per heavy atom. The zero-order chi connectivity index (χ0) is 18.1. The summed E-state index contributed by atoms with van der Waals surface area (Å²) in [6.07, 6.45) is 0. The van der Waals surface area contributed by atoms with Gasteiger partial charge in [0, 0.05) is 5.69 Å². The normalized spacial score (nSPS) is 10.6. The van der Waals surface area contributed by atoms with Gasteiger partial charge in [-0.2, -0.15) is 0 Å². The van der Waals surface area contributed by atoms with Gasteiger partial charge in [-0.1, -0.05) is 29.8 Å². The summed E-state index contributed by atoms with van der Waals surface area (Å²) in [5.74, 6) is -1.36. The van der Waals surface area contributed by atoms with E-state index in [1.54, 1.807) is 30.3 Å². The van der Waals surface area contributed by atoms with Crippen LogP contribution in [-0.4, -0.2) is 11.0 Å². The van der Waals surface area contributed by atoms with Crippen LogP contribution in [0.2, 0.25) is 5.02 Å². The number of nitrogens with two attached hydrogens (primary N) is 1. The van der Waals surface area contributed by atoms with E-state index in [2.05, 4.69) is 10.6 Å². The van der Waals surface area contributed by atoms with Crippen molar-refractivity contribution >= 4 is 40.3 Å². The molecule has 3 aromatic rings. The van der Waals surface area contributed by atoms with Crippen LogP contribution < -0.4 is 27.2 Å². The average molecular weight is 358 g/mol. The van der Waals surface area contributed by atoms with E-state index in [1.165, 1.54) is 12.1 Å². The van der Waals surface area contributed by atoms with Crippen molar-refractivity contribution in [1.82, 2.24) is 0 Å². The van der Waals surface area contributed by atoms with Crippen LogP contribution in [0.15, 0.2) is 52.1 Å². The van der Waals surface area contributed by atoms with Crippen molar-refractivity contribution in [3.63, 3.8) is 0 Å². The fourth-order valence-electron chi connectivity index (χ4n) is 2.31. The fourth-order valence-corrected chi connectivity index (χ4v) is 2.51. The van der Waals surface area contributed by atoms with Crippen LogP contribution in [0.3, 0.4) is 0 Å². The summed E-state index contributed by atoms with van der Waals surface area (Å²) in [6.45, 7) is 0. The minimum Gasteiger partial charge on any atom is -0.505 e.